The molecule has 0 amide bonds. The molecule has 0 spiro atoms. The molecule has 0 unspecified atom stereocenters. The maximum Gasteiger partial charge on any atom is 0.270 e. The maximum absolute atomic E-state index is 11.5. The second-order valence-corrected chi connectivity index (χ2v) is 8.20. The van der Waals surface area contributed by atoms with Gasteiger partial charge in [0.25, 0.3) is 5.69 Å². The highest BCUT2D eigenvalue weighted by Gasteiger charge is 2.23. The average molecular weight is 461 g/mol. The van der Waals surface area contributed by atoms with E-state index in [1.165, 1.54) is 12.1 Å². The van der Waals surface area contributed by atoms with Crippen molar-refractivity contribution in [1.29, 1.82) is 5.41 Å². The Morgan fingerprint density at radius 3 is 2.26 bits per heavy atom. The second kappa shape index (κ2) is 7.77. The standard InChI is InChI=1S/C26H19N7O2/c1-17-16-30(19-10-4-2-5-11-19)25-22(17)23(27)31(20-12-6-3-7-13-20)26-29-28-24(32(25)26)18-9-8-14-21(15-18)33(34)35/h2-16,27H,1H3. The van der Waals surface area contributed by atoms with Crippen LogP contribution >= 0.6 is 0 Å². The van der Waals surface area contributed by atoms with Crippen LogP contribution in [-0.4, -0.2) is 28.7 Å². The van der Waals surface area contributed by atoms with Crippen LogP contribution in [0.4, 0.5) is 5.69 Å². The fraction of sp³-hybridized carbons (Fsp3) is 0.0385. The van der Waals surface area contributed by atoms with Gasteiger partial charge in [0.05, 0.1) is 16.0 Å². The van der Waals surface area contributed by atoms with E-state index in [1.54, 1.807) is 16.7 Å². The van der Waals surface area contributed by atoms with Crippen LogP contribution in [0.1, 0.15) is 5.56 Å². The van der Waals surface area contributed by atoms with Crippen molar-refractivity contribution in [3.63, 3.8) is 0 Å². The number of nitro benzene ring substituents is 1. The zero-order chi connectivity index (χ0) is 24.1. The van der Waals surface area contributed by atoms with E-state index in [2.05, 4.69) is 10.2 Å². The molecule has 170 valence electrons. The van der Waals surface area contributed by atoms with Crippen LogP contribution in [0.25, 0.3) is 39.6 Å². The normalized spacial score (nSPS) is 11.3. The first-order valence-corrected chi connectivity index (χ1v) is 11.0. The van der Waals surface area contributed by atoms with Gasteiger partial charge in [0.2, 0.25) is 5.78 Å². The summed E-state index contributed by atoms with van der Waals surface area (Å²) in [6.45, 7) is 1.97. The van der Waals surface area contributed by atoms with Gasteiger partial charge in [0.1, 0.15) is 11.1 Å². The van der Waals surface area contributed by atoms with Crippen molar-refractivity contribution in [3.05, 3.63) is 112 Å². The Hall–Kier alpha value is -5.05. The van der Waals surface area contributed by atoms with Gasteiger partial charge in [-0.05, 0) is 36.8 Å². The largest absolute Gasteiger partial charge is 0.302 e. The predicted molar refractivity (Wildman–Crippen MR) is 132 cm³/mol. The lowest BCUT2D eigenvalue weighted by atomic mass is 10.2. The number of nitrogens with one attached hydrogen (secondary N) is 1. The van der Waals surface area contributed by atoms with Crippen molar-refractivity contribution < 1.29 is 4.92 Å². The Morgan fingerprint density at radius 1 is 0.886 bits per heavy atom. The van der Waals surface area contributed by atoms with Crippen molar-refractivity contribution in [2.75, 3.05) is 0 Å². The zero-order valence-electron chi connectivity index (χ0n) is 18.7. The highest BCUT2D eigenvalue weighted by Crippen LogP contribution is 2.29. The molecule has 0 aliphatic carbocycles. The molecular weight excluding hydrogens is 442 g/mol. The van der Waals surface area contributed by atoms with Crippen molar-refractivity contribution >= 4 is 22.5 Å². The van der Waals surface area contributed by atoms with E-state index in [4.69, 9.17) is 5.41 Å². The molecule has 0 saturated heterocycles. The molecule has 6 rings (SSSR count). The molecule has 3 heterocycles. The van der Waals surface area contributed by atoms with Crippen LogP contribution in [0.2, 0.25) is 0 Å². The molecule has 1 N–H and O–H groups in total. The SMILES string of the molecule is Cc1cn(-c2ccccc2)c2c1c(=N)n(-c1ccccc1)c1nnc(-c3cccc([N+](=O)[O-])c3)n21. The molecule has 35 heavy (non-hydrogen) atoms. The third-order valence-electron chi connectivity index (χ3n) is 6.05. The minimum absolute atomic E-state index is 0.0295. The van der Waals surface area contributed by atoms with Gasteiger partial charge >= 0.3 is 0 Å². The summed E-state index contributed by atoms with van der Waals surface area (Å²) in [6.07, 6.45) is 1.99. The Kier molecular flexibility index (Phi) is 4.56. The van der Waals surface area contributed by atoms with Gasteiger partial charge in [0.15, 0.2) is 5.82 Å². The molecule has 3 aromatic carbocycles. The van der Waals surface area contributed by atoms with E-state index in [0.717, 1.165) is 22.3 Å². The summed E-state index contributed by atoms with van der Waals surface area (Å²) in [7, 11) is 0. The van der Waals surface area contributed by atoms with E-state index >= 15 is 0 Å². The number of hydrogen-bond acceptors (Lipinski definition) is 5. The Labute approximate surface area is 198 Å². The topological polar surface area (TPSA) is 107 Å². The molecule has 0 radical (unpaired) electrons. The van der Waals surface area contributed by atoms with Gasteiger partial charge < -0.3 is 4.57 Å². The van der Waals surface area contributed by atoms with E-state index in [-0.39, 0.29) is 11.2 Å². The van der Waals surface area contributed by atoms with Crippen LogP contribution in [0.3, 0.4) is 0 Å². The van der Waals surface area contributed by atoms with Crippen molar-refractivity contribution in [1.82, 2.24) is 23.7 Å². The number of non-ortho nitro benzene ring substituents is 1. The van der Waals surface area contributed by atoms with Crippen LogP contribution in [0, 0.1) is 22.4 Å². The first kappa shape index (κ1) is 20.5. The summed E-state index contributed by atoms with van der Waals surface area (Å²) >= 11 is 0. The number of rotatable bonds is 4. The first-order chi connectivity index (χ1) is 17.0. The van der Waals surface area contributed by atoms with E-state index in [0.29, 0.717) is 22.8 Å². The molecule has 3 aromatic heterocycles. The zero-order valence-corrected chi connectivity index (χ0v) is 18.7. The number of nitrogens with zero attached hydrogens (tertiary/aromatic N) is 6. The summed E-state index contributed by atoms with van der Waals surface area (Å²) in [6, 6.07) is 25.7. The number of nitro groups is 1. The summed E-state index contributed by atoms with van der Waals surface area (Å²) in [5.74, 6) is 0.888. The fourth-order valence-electron chi connectivity index (χ4n) is 4.51. The molecule has 6 aromatic rings. The summed E-state index contributed by atoms with van der Waals surface area (Å²) in [5.41, 5.74) is 4.13. The van der Waals surface area contributed by atoms with Gasteiger partial charge in [-0.3, -0.25) is 20.1 Å². The molecule has 9 nitrogen and oxygen atoms in total. The molecule has 0 saturated carbocycles. The fourth-order valence-corrected chi connectivity index (χ4v) is 4.51. The maximum atomic E-state index is 11.5. The predicted octanol–water partition coefficient (Wildman–Crippen LogP) is 4.83. The molecule has 9 heteroatoms. The van der Waals surface area contributed by atoms with Gasteiger partial charge in [-0.2, -0.15) is 0 Å². The molecule has 0 fully saturated rings. The number of aromatic nitrogens is 5. The average Bonchev–Trinajstić information content (AvgIpc) is 3.47. The molecule has 0 atom stereocenters. The lowest BCUT2D eigenvalue weighted by molar-refractivity contribution is -0.384. The quantitative estimate of drug-likeness (QED) is 0.300. The van der Waals surface area contributed by atoms with Crippen LogP contribution in [0.15, 0.2) is 91.1 Å². The van der Waals surface area contributed by atoms with Crippen molar-refractivity contribution in [2.24, 2.45) is 0 Å². The highest BCUT2D eigenvalue weighted by atomic mass is 16.6. The molecular formula is C26H19N7O2. The molecule has 0 aliphatic rings. The van der Waals surface area contributed by atoms with Gasteiger partial charge in [-0.15, -0.1) is 10.2 Å². The first-order valence-electron chi connectivity index (χ1n) is 11.0. The minimum Gasteiger partial charge on any atom is -0.302 e. The molecule has 0 bridgehead atoms. The summed E-state index contributed by atoms with van der Waals surface area (Å²) < 4.78 is 5.63. The van der Waals surface area contributed by atoms with Gasteiger partial charge in [-0.1, -0.05) is 48.5 Å². The lowest BCUT2D eigenvalue weighted by Crippen LogP contribution is -2.22. The smallest absolute Gasteiger partial charge is 0.270 e. The number of benzene rings is 3. The van der Waals surface area contributed by atoms with Gasteiger partial charge in [-0.25, -0.2) is 4.40 Å². The van der Waals surface area contributed by atoms with Crippen LogP contribution in [0.5, 0.6) is 0 Å². The second-order valence-electron chi connectivity index (χ2n) is 8.20. The van der Waals surface area contributed by atoms with Crippen LogP contribution in [-0.2, 0) is 0 Å². The highest BCUT2D eigenvalue weighted by molar-refractivity contribution is 5.85. The third-order valence-corrected chi connectivity index (χ3v) is 6.05. The Balaban J connectivity index is 1.81. The minimum atomic E-state index is -0.425. The number of fused-ring (bicyclic) bond motifs is 3. The van der Waals surface area contributed by atoms with E-state index in [9.17, 15) is 10.1 Å². The van der Waals surface area contributed by atoms with Crippen molar-refractivity contribution in [3.8, 4) is 22.8 Å². The number of para-hydroxylation sites is 2. The Bertz CT molecular complexity index is 1800. The van der Waals surface area contributed by atoms with Crippen LogP contribution < -0.4 is 5.49 Å². The van der Waals surface area contributed by atoms with Crippen molar-refractivity contribution in [2.45, 2.75) is 6.92 Å². The van der Waals surface area contributed by atoms with Gasteiger partial charge in [0, 0.05) is 29.6 Å². The Morgan fingerprint density at radius 2 is 1.57 bits per heavy atom. The van der Waals surface area contributed by atoms with E-state index in [1.807, 2.05) is 82.8 Å². The number of hydrogen-bond donors (Lipinski definition) is 1. The summed E-state index contributed by atoms with van der Waals surface area (Å²) in [5, 5.41) is 30.3. The molecule has 0 aliphatic heterocycles. The van der Waals surface area contributed by atoms with E-state index < -0.39 is 4.92 Å². The third kappa shape index (κ3) is 3.13. The number of aryl methyl sites for hydroxylation is 1. The monoisotopic (exact) mass is 461 g/mol. The summed E-state index contributed by atoms with van der Waals surface area (Å²) in [4.78, 5) is 11.0. The lowest BCUT2D eigenvalue weighted by Gasteiger charge is -2.14.